The molecule has 2 heterocycles. The lowest BCUT2D eigenvalue weighted by Crippen LogP contribution is -2.43. The molecule has 1 atom stereocenters. The number of rotatable bonds is 3. The Bertz CT molecular complexity index is 393. The maximum absolute atomic E-state index is 13.6. The molecule has 0 saturated carbocycles. The van der Waals surface area contributed by atoms with Gasteiger partial charge in [0.15, 0.2) is 11.6 Å². The highest BCUT2D eigenvalue weighted by Crippen LogP contribution is 2.24. The van der Waals surface area contributed by atoms with Crippen LogP contribution in [0, 0.1) is 5.82 Å². The van der Waals surface area contributed by atoms with Gasteiger partial charge < -0.3 is 15.4 Å². The molecule has 94 valence electrons. The van der Waals surface area contributed by atoms with Gasteiger partial charge in [0.05, 0.1) is 18.3 Å². The smallest absolute Gasteiger partial charge is 0.224 e. The van der Waals surface area contributed by atoms with Crippen LogP contribution in [-0.2, 0) is 4.74 Å². The standard InChI is InChI=1S/C11H17FN4O/c1-11(4-3-5-17-7-11)16-9-8(12)6-14-10(13-2)15-9/h6H,3-5,7H2,1-2H3,(H2,13,14,15,16). The summed E-state index contributed by atoms with van der Waals surface area (Å²) in [5.41, 5.74) is -0.265. The van der Waals surface area contributed by atoms with Gasteiger partial charge in [0.25, 0.3) is 0 Å². The number of aromatic nitrogens is 2. The fourth-order valence-corrected chi connectivity index (χ4v) is 1.89. The van der Waals surface area contributed by atoms with Crippen molar-refractivity contribution in [2.75, 3.05) is 30.9 Å². The Morgan fingerprint density at radius 1 is 1.53 bits per heavy atom. The van der Waals surface area contributed by atoms with E-state index in [1.54, 1.807) is 7.05 Å². The van der Waals surface area contributed by atoms with Crippen LogP contribution in [0.4, 0.5) is 16.2 Å². The summed E-state index contributed by atoms with van der Waals surface area (Å²) in [6.07, 6.45) is 3.06. The summed E-state index contributed by atoms with van der Waals surface area (Å²) in [5, 5.41) is 5.89. The van der Waals surface area contributed by atoms with Gasteiger partial charge in [-0.05, 0) is 19.8 Å². The molecule has 6 heteroatoms. The Labute approximate surface area is 99.8 Å². The second-order valence-electron chi connectivity index (χ2n) is 4.48. The van der Waals surface area contributed by atoms with Crippen LogP contribution >= 0.6 is 0 Å². The molecule has 1 unspecified atom stereocenters. The highest BCUT2D eigenvalue weighted by atomic mass is 19.1. The highest BCUT2D eigenvalue weighted by Gasteiger charge is 2.28. The normalized spacial score (nSPS) is 24.4. The van der Waals surface area contributed by atoms with Gasteiger partial charge in [-0.1, -0.05) is 0 Å². The van der Waals surface area contributed by atoms with E-state index in [1.165, 1.54) is 0 Å². The van der Waals surface area contributed by atoms with Crippen molar-refractivity contribution < 1.29 is 9.13 Å². The van der Waals surface area contributed by atoms with Gasteiger partial charge in [-0.3, -0.25) is 0 Å². The summed E-state index contributed by atoms with van der Waals surface area (Å²) >= 11 is 0. The van der Waals surface area contributed by atoms with E-state index in [2.05, 4.69) is 20.6 Å². The van der Waals surface area contributed by atoms with Crippen molar-refractivity contribution in [3.63, 3.8) is 0 Å². The molecule has 2 rings (SSSR count). The van der Waals surface area contributed by atoms with Crippen LogP contribution in [-0.4, -0.2) is 35.8 Å². The lowest BCUT2D eigenvalue weighted by atomic mass is 9.95. The molecule has 17 heavy (non-hydrogen) atoms. The first-order valence-corrected chi connectivity index (χ1v) is 5.69. The Morgan fingerprint density at radius 3 is 3.00 bits per heavy atom. The maximum atomic E-state index is 13.6. The Hall–Kier alpha value is -1.43. The number of halogens is 1. The molecule has 1 aliphatic heterocycles. The zero-order valence-electron chi connectivity index (χ0n) is 10.1. The lowest BCUT2D eigenvalue weighted by molar-refractivity contribution is 0.0537. The zero-order chi connectivity index (χ0) is 12.3. The van der Waals surface area contributed by atoms with Gasteiger partial charge in [-0.2, -0.15) is 4.98 Å². The van der Waals surface area contributed by atoms with Crippen LogP contribution in [0.2, 0.25) is 0 Å². The molecular weight excluding hydrogens is 223 g/mol. The third-order valence-electron chi connectivity index (χ3n) is 2.83. The van der Waals surface area contributed by atoms with Gasteiger partial charge in [0.2, 0.25) is 5.95 Å². The van der Waals surface area contributed by atoms with Crippen molar-refractivity contribution in [3.8, 4) is 0 Å². The minimum Gasteiger partial charge on any atom is -0.379 e. The van der Waals surface area contributed by atoms with Crippen molar-refractivity contribution in [2.24, 2.45) is 0 Å². The average Bonchev–Trinajstić information content (AvgIpc) is 2.33. The lowest BCUT2D eigenvalue weighted by Gasteiger charge is -2.34. The van der Waals surface area contributed by atoms with Crippen LogP contribution in [0.1, 0.15) is 19.8 Å². The van der Waals surface area contributed by atoms with Crippen molar-refractivity contribution in [2.45, 2.75) is 25.3 Å². The van der Waals surface area contributed by atoms with Crippen LogP contribution in [0.3, 0.4) is 0 Å². The van der Waals surface area contributed by atoms with Crippen LogP contribution in [0.15, 0.2) is 6.20 Å². The van der Waals surface area contributed by atoms with Gasteiger partial charge in [0, 0.05) is 13.7 Å². The largest absolute Gasteiger partial charge is 0.379 e. The van der Waals surface area contributed by atoms with E-state index in [9.17, 15) is 4.39 Å². The Morgan fingerprint density at radius 2 is 2.35 bits per heavy atom. The first kappa shape index (κ1) is 12.0. The average molecular weight is 240 g/mol. The minimum atomic E-state index is -0.448. The van der Waals surface area contributed by atoms with E-state index in [0.29, 0.717) is 12.6 Å². The summed E-state index contributed by atoms with van der Waals surface area (Å²) < 4.78 is 19.0. The van der Waals surface area contributed by atoms with E-state index >= 15 is 0 Å². The van der Waals surface area contributed by atoms with Crippen molar-refractivity contribution >= 4 is 11.8 Å². The minimum absolute atomic E-state index is 0.220. The molecule has 1 aromatic rings. The Kier molecular flexibility index (Phi) is 3.42. The SMILES string of the molecule is CNc1ncc(F)c(NC2(C)CCCOC2)n1. The summed E-state index contributed by atoms with van der Waals surface area (Å²) in [4.78, 5) is 7.87. The van der Waals surface area contributed by atoms with Crippen molar-refractivity contribution in [3.05, 3.63) is 12.0 Å². The van der Waals surface area contributed by atoms with Crippen LogP contribution < -0.4 is 10.6 Å². The molecule has 1 saturated heterocycles. The summed E-state index contributed by atoms with van der Waals surface area (Å²) in [7, 11) is 1.70. The topological polar surface area (TPSA) is 59.1 Å². The molecule has 2 N–H and O–H groups in total. The highest BCUT2D eigenvalue weighted by molar-refractivity contribution is 5.43. The van der Waals surface area contributed by atoms with Gasteiger partial charge in [-0.15, -0.1) is 0 Å². The number of nitrogens with one attached hydrogen (secondary N) is 2. The molecular formula is C11H17FN4O. The molecule has 0 spiro atoms. The first-order valence-electron chi connectivity index (χ1n) is 5.69. The fourth-order valence-electron chi connectivity index (χ4n) is 1.89. The fraction of sp³-hybridized carbons (Fsp3) is 0.636. The molecule has 0 aromatic carbocycles. The van der Waals surface area contributed by atoms with E-state index in [4.69, 9.17) is 4.74 Å². The van der Waals surface area contributed by atoms with Crippen LogP contribution in [0.25, 0.3) is 0 Å². The molecule has 1 aliphatic rings. The van der Waals surface area contributed by atoms with E-state index in [-0.39, 0.29) is 11.4 Å². The van der Waals surface area contributed by atoms with E-state index in [1.807, 2.05) is 6.92 Å². The van der Waals surface area contributed by atoms with E-state index < -0.39 is 5.82 Å². The predicted molar refractivity (Wildman–Crippen MR) is 63.6 cm³/mol. The van der Waals surface area contributed by atoms with Gasteiger partial charge in [-0.25, -0.2) is 9.37 Å². The molecule has 0 bridgehead atoms. The maximum Gasteiger partial charge on any atom is 0.224 e. The molecule has 5 nitrogen and oxygen atoms in total. The molecule has 1 fully saturated rings. The van der Waals surface area contributed by atoms with E-state index in [0.717, 1.165) is 25.6 Å². The first-order chi connectivity index (χ1) is 8.13. The molecule has 0 radical (unpaired) electrons. The number of nitrogens with zero attached hydrogens (tertiary/aromatic N) is 2. The van der Waals surface area contributed by atoms with Crippen molar-refractivity contribution in [1.82, 2.24) is 9.97 Å². The second kappa shape index (κ2) is 4.83. The number of anilines is 2. The third-order valence-corrected chi connectivity index (χ3v) is 2.83. The number of hydrogen-bond acceptors (Lipinski definition) is 5. The molecule has 0 amide bonds. The quantitative estimate of drug-likeness (QED) is 0.841. The van der Waals surface area contributed by atoms with Crippen molar-refractivity contribution in [1.29, 1.82) is 0 Å². The zero-order valence-corrected chi connectivity index (χ0v) is 10.1. The molecule has 0 aliphatic carbocycles. The number of ether oxygens (including phenoxy) is 1. The summed E-state index contributed by atoms with van der Waals surface area (Å²) in [5.74, 6) is 0.169. The third kappa shape index (κ3) is 2.82. The Balaban J connectivity index is 2.16. The monoisotopic (exact) mass is 240 g/mol. The summed E-state index contributed by atoms with van der Waals surface area (Å²) in [6.45, 7) is 3.34. The number of hydrogen-bond donors (Lipinski definition) is 2. The summed E-state index contributed by atoms with van der Waals surface area (Å²) in [6, 6.07) is 0. The second-order valence-corrected chi connectivity index (χ2v) is 4.48. The molecule has 1 aromatic heterocycles. The van der Waals surface area contributed by atoms with Gasteiger partial charge in [0.1, 0.15) is 0 Å². The predicted octanol–water partition coefficient (Wildman–Crippen LogP) is 1.64. The van der Waals surface area contributed by atoms with Gasteiger partial charge >= 0.3 is 0 Å². The van der Waals surface area contributed by atoms with Crippen LogP contribution in [0.5, 0.6) is 0 Å².